The smallest absolute Gasteiger partial charge is 0.410 e. The summed E-state index contributed by atoms with van der Waals surface area (Å²) in [5, 5.41) is 6.80. The number of amides is 1. The first kappa shape index (κ1) is 29.1. The van der Waals surface area contributed by atoms with Crippen molar-refractivity contribution in [1.82, 2.24) is 24.4 Å². The number of hydrogen-bond acceptors (Lipinski definition) is 9. The molecule has 222 valence electrons. The molecule has 11 heteroatoms. The minimum atomic E-state index is -0.519. The fourth-order valence-electron chi connectivity index (χ4n) is 4.80. The summed E-state index contributed by atoms with van der Waals surface area (Å²) in [4.78, 5) is 28.8. The van der Waals surface area contributed by atoms with Gasteiger partial charge in [-0.05, 0) is 63.4 Å². The van der Waals surface area contributed by atoms with E-state index in [0.29, 0.717) is 50.1 Å². The van der Waals surface area contributed by atoms with Crippen LogP contribution in [0.25, 0.3) is 11.2 Å². The monoisotopic (exact) mass is 573 g/mol. The third kappa shape index (κ3) is 7.47. The SMILES string of the molecule is COCCOc1ccc(Nc2nc(NCc3ccccc3)c3ncn(C4CCN(C(=O)OC(C)(C)C)CC4)c3n2)cc1. The molecule has 0 radical (unpaired) electrons. The van der Waals surface area contributed by atoms with Crippen molar-refractivity contribution in [2.24, 2.45) is 0 Å². The first-order chi connectivity index (χ1) is 20.3. The third-order valence-corrected chi connectivity index (χ3v) is 6.90. The summed E-state index contributed by atoms with van der Waals surface area (Å²) in [7, 11) is 1.65. The zero-order chi connectivity index (χ0) is 29.5. The lowest BCUT2D eigenvalue weighted by atomic mass is 10.1. The predicted molar refractivity (Wildman–Crippen MR) is 162 cm³/mol. The van der Waals surface area contributed by atoms with Crippen LogP contribution in [0.3, 0.4) is 0 Å². The van der Waals surface area contributed by atoms with Gasteiger partial charge in [0.05, 0.1) is 12.9 Å². The van der Waals surface area contributed by atoms with Gasteiger partial charge in [0.2, 0.25) is 5.95 Å². The molecular weight excluding hydrogens is 534 g/mol. The average Bonchev–Trinajstić information content (AvgIpc) is 3.41. The van der Waals surface area contributed by atoms with Gasteiger partial charge in [-0.3, -0.25) is 0 Å². The van der Waals surface area contributed by atoms with Crippen molar-refractivity contribution < 1.29 is 19.0 Å². The lowest BCUT2D eigenvalue weighted by Crippen LogP contribution is -2.42. The zero-order valence-electron chi connectivity index (χ0n) is 24.7. The second kappa shape index (κ2) is 13.1. The highest BCUT2D eigenvalue weighted by Gasteiger charge is 2.29. The summed E-state index contributed by atoms with van der Waals surface area (Å²) < 4.78 is 18.4. The van der Waals surface area contributed by atoms with Gasteiger partial charge < -0.3 is 34.3 Å². The van der Waals surface area contributed by atoms with Crippen LogP contribution in [0, 0.1) is 0 Å². The van der Waals surface area contributed by atoms with Crippen molar-refractivity contribution in [1.29, 1.82) is 0 Å². The lowest BCUT2D eigenvalue weighted by Gasteiger charge is -2.33. The molecule has 1 amide bonds. The number of benzene rings is 2. The molecule has 11 nitrogen and oxygen atoms in total. The largest absolute Gasteiger partial charge is 0.491 e. The quantitative estimate of drug-likeness (QED) is 0.228. The van der Waals surface area contributed by atoms with Crippen LogP contribution in [0.1, 0.15) is 45.2 Å². The van der Waals surface area contributed by atoms with Crippen LogP contribution < -0.4 is 15.4 Å². The van der Waals surface area contributed by atoms with Crippen LogP contribution in [-0.2, 0) is 16.0 Å². The van der Waals surface area contributed by atoms with Gasteiger partial charge in [-0.15, -0.1) is 0 Å². The van der Waals surface area contributed by atoms with E-state index in [1.54, 1.807) is 12.0 Å². The Morgan fingerprint density at radius 3 is 2.43 bits per heavy atom. The topological polar surface area (TPSA) is 116 Å². The number of fused-ring (bicyclic) bond motifs is 1. The van der Waals surface area contributed by atoms with Crippen molar-refractivity contribution in [3.05, 3.63) is 66.5 Å². The van der Waals surface area contributed by atoms with Crippen molar-refractivity contribution in [3.63, 3.8) is 0 Å². The molecule has 3 heterocycles. The molecule has 0 unspecified atom stereocenters. The predicted octanol–water partition coefficient (Wildman–Crippen LogP) is 5.78. The normalized spacial score (nSPS) is 14.1. The number of anilines is 3. The Morgan fingerprint density at radius 1 is 1.00 bits per heavy atom. The lowest BCUT2D eigenvalue weighted by molar-refractivity contribution is 0.0189. The maximum atomic E-state index is 12.6. The van der Waals surface area contributed by atoms with Crippen LogP contribution in [0.2, 0.25) is 0 Å². The molecular formula is C31H39N7O4. The van der Waals surface area contributed by atoms with Gasteiger partial charge in [0, 0.05) is 38.5 Å². The van der Waals surface area contributed by atoms with Crippen LogP contribution in [0.4, 0.5) is 22.2 Å². The number of piperidine rings is 1. The molecule has 1 aliphatic rings. The van der Waals surface area contributed by atoms with Crippen LogP contribution >= 0.6 is 0 Å². The first-order valence-electron chi connectivity index (χ1n) is 14.3. The summed E-state index contributed by atoms with van der Waals surface area (Å²) in [6, 6.07) is 17.9. The van der Waals surface area contributed by atoms with Crippen LogP contribution in [0.15, 0.2) is 60.9 Å². The van der Waals surface area contributed by atoms with Crippen molar-refractivity contribution >= 4 is 34.7 Å². The molecule has 0 aliphatic carbocycles. The molecule has 1 aliphatic heterocycles. The maximum Gasteiger partial charge on any atom is 0.410 e. The Kier molecular flexibility index (Phi) is 9.06. The van der Waals surface area contributed by atoms with Gasteiger partial charge in [0.1, 0.15) is 18.0 Å². The number of carbonyl (C=O) groups excluding carboxylic acids is 1. The van der Waals surface area contributed by atoms with Gasteiger partial charge >= 0.3 is 6.09 Å². The molecule has 5 rings (SSSR count). The molecule has 0 atom stereocenters. The maximum absolute atomic E-state index is 12.6. The van der Waals surface area contributed by atoms with E-state index in [9.17, 15) is 4.79 Å². The fourth-order valence-corrected chi connectivity index (χ4v) is 4.80. The fraction of sp³-hybridized carbons (Fsp3) is 0.419. The van der Waals surface area contributed by atoms with E-state index in [1.807, 2.05) is 69.6 Å². The molecule has 42 heavy (non-hydrogen) atoms. The number of ether oxygens (including phenoxy) is 3. The summed E-state index contributed by atoms with van der Waals surface area (Å²) in [6.07, 6.45) is 3.10. The van der Waals surface area contributed by atoms with Crippen LogP contribution in [-0.4, -0.2) is 69.5 Å². The Bertz CT molecular complexity index is 1460. The Morgan fingerprint density at radius 2 is 1.74 bits per heavy atom. The number of nitrogens with one attached hydrogen (secondary N) is 2. The number of rotatable bonds is 10. The number of carbonyl (C=O) groups is 1. The van der Waals surface area contributed by atoms with Gasteiger partial charge in [0.15, 0.2) is 17.0 Å². The summed E-state index contributed by atoms with van der Waals surface area (Å²) in [5.74, 6) is 1.87. The number of aromatic nitrogens is 4. The van der Waals surface area contributed by atoms with Gasteiger partial charge in [0.25, 0.3) is 0 Å². The molecule has 4 aromatic rings. The second-order valence-corrected chi connectivity index (χ2v) is 11.2. The zero-order valence-corrected chi connectivity index (χ0v) is 24.7. The molecule has 2 N–H and O–H groups in total. The highest BCUT2D eigenvalue weighted by Crippen LogP contribution is 2.30. The third-order valence-electron chi connectivity index (χ3n) is 6.90. The van der Waals surface area contributed by atoms with Crippen molar-refractivity contribution in [2.75, 3.05) is 44.0 Å². The molecule has 0 bridgehead atoms. The summed E-state index contributed by atoms with van der Waals surface area (Å²) in [5.41, 5.74) is 2.89. The molecule has 2 aromatic carbocycles. The summed E-state index contributed by atoms with van der Waals surface area (Å²) >= 11 is 0. The molecule has 1 fully saturated rings. The van der Waals surface area contributed by atoms with Crippen LogP contribution in [0.5, 0.6) is 5.75 Å². The second-order valence-electron chi connectivity index (χ2n) is 11.2. The number of hydrogen-bond donors (Lipinski definition) is 2. The molecule has 2 aromatic heterocycles. The highest BCUT2D eigenvalue weighted by molar-refractivity contribution is 5.85. The minimum Gasteiger partial charge on any atom is -0.491 e. The highest BCUT2D eigenvalue weighted by atomic mass is 16.6. The van der Waals surface area contributed by atoms with E-state index in [0.717, 1.165) is 35.5 Å². The molecule has 1 saturated heterocycles. The molecule has 0 saturated carbocycles. The van der Waals surface area contributed by atoms with E-state index in [4.69, 9.17) is 29.2 Å². The van der Waals surface area contributed by atoms with Crippen molar-refractivity contribution in [2.45, 2.75) is 51.8 Å². The number of likely N-dealkylation sites (tertiary alicyclic amines) is 1. The number of nitrogens with zero attached hydrogens (tertiary/aromatic N) is 5. The van der Waals surface area contributed by atoms with E-state index < -0.39 is 5.60 Å². The van der Waals surface area contributed by atoms with E-state index in [1.165, 1.54) is 0 Å². The first-order valence-corrected chi connectivity index (χ1v) is 14.3. The van der Waals surface area contributed by atoms with E-state index in [-0.39, 0.29) is 12.1 Å². The Labute approximate surface area is 246 Å². The Balaban J connectivity index is 1.37. The Hall–Kier alpha value is -4.38. The summed E-state index contributed by atoms with van der Waals surface area (Å²) in [6.45, 7) is 8.47. The van der Waals surface area contributed by atoms with E-state index >= 15 is 0 Å². The average molecular weight is 574 g/mol. The van der Waals surface area contributed by atoms with Gasteiger partial charge in [-0.25, -0.2) is 9.78 Å². The van der Waals surface area contributed by atoms with Gasteiger partial charge in [-0.1, -0.05) is 30.3 Å². The van der Waals surface area contributed by atoms with Crippen molar-refractivity contribution in [3.8, 4) is 5.75 Å². The number of imidazole rings is 1. The molecule has 0 spiro atoms. The minimum absolute atomic E-state index is 0.141. The van der Waals surface area contributed by atoms with Gasteiger partial charge in [-0.2, -0.15) is 9.97 Å². The standard InChI is InChI=1S/C31H39N7O4/c1-31(2,3)42-30(39)37-16-14-24(15-17-37)38-21-33-26-27(32-20-22-8-6-5-7-9-22)35-29(36-28(26)38)34-23-10-12-25(13-11-23)41-19-18-40-4/h5-13,21,24H,14-20H2,1-4H3,(H2,32,34,35,36). The number of methoxy groups -OCH3 is 1. The van der Waals surface area contributed by atoms with E-state index in [2.05, 4.69) is 27.3 Å².